The highest BCUT2D eigenvalue weighted by Gasteiger charge is 2.35. The average molecular weight is 558 g/mol. The predicted octanol–water partition coefficient (Wildman–Crippen LogP) is 5.84. The summed E-state index contributed by atoms with van der Waals surface area (Å²) in [5, 5.41) is 29.2. The van der Waals surface area contributed by atoms with Crippen molar-refractivity contribution in [1.29, 1.82) is 5.41 Å². The molecule has 0 radical (unpaired) electrons. The van der Waals surface area contributed by atoms with Crippen LogP contribution in [0.1, 0.15) is 129 Å². The lowest BCUT2D eigenvalue weighted by Crippen LogP contribution is -2.54. The van der Waals surface area contributed by atoms with Gasteiger partial charge in [-0.2, -0.15) is 0 Å². The number of rotatable bonds is 19. The van der Waals surface area contributed by atoms with Gasteiger partial charge in [-0.25, -0.2) is 0 Å². The van der Waals surface area contributed by atoms with Crippen molar-refractivity contribution in [3.63, 3.8) is 0 Å². The summed E-state index contributed by atoms with van der Waals surface area (Å²) in [6.45, 7) is 28.3. The SMILES string of the molecule is CC(C)(O)CCOC(C)(C)CC(=N)C(CC(C)(C)OCCC(C)(C)O)=NC(C)(C)CCOC(C)(C)C(C)(C)N. The number of hydrogen-bond acceptors (Lipinski definition) is 8. The summed E-state index contributed by atoms with van der Waals surface area (Å²) in [5.41, 5.74) is 3.11. The van der Waals surface area contributed by atoms with Gasteiger partial charge in [0.05, 0.1) is 58.2 Å². The molecule has 0 saturated heterocycles. The molecule has 0 aromatic rings. The van der Waals surface area contributed by atoms with Crippen molar-refractivity contribution in [3.8, 4) is 0 Å². The smallest absolute Gasteiger partial charge is 0.0799 e. The molecule has 0 atom stereocenters. The number of nitrogens with one attached hydrogen (secondary N) is 1. The van der Waals surface area contributed by atoms with Crippen molar-refractivity contribution in [2.45, 2.75) is 168 Å². The number of hydrogen-bond donors (Lipinski definition) is 4. The van der Waals surface area contributed by atoms with Gasteiger partial charge in [-0.3, -0.25) is 4.99 Å². The topological polar surface area (TPSA) is 130 Å². The van der Waals surface area contributed by atoms with Crippen LogP contribution < -0.4 is 5.73 Å². The van der Waals surface area contributed by atoms with Gasteiger partial charge < -0.3 is 35.6 Å². The molecule has 39 heavy (non-hydrogen) atoms. The van der Waals surface area contributed by atoms with Crippen molar-refractivity contribution in [2.24, 2.45) is 10.7 Å². The standard InChI is InChI=1S/C31H63N3O5/c1-25(2,15-18-39-31(13,14)30(11,12)33)34-24(22-29(9,10)38-20-17-27(5,6)36)23(32)21-28(7,8)37-19-16-26(3,4)35/h32,35-36H,15-22,33H2,1-14H3. The summed E-state index contributed by atoms with van der Waals surface area (Å²) in [6.07, 6.45) is 2.50. The molecule has 5 N–H and O–H groups in total. The molecule has 0 amide bonds. The second kappa shape index (κ2) is 13.8. The van der Waals surface area contributed by atoms with Crippen LogP contribution in [0.3, 0.4) is 0 Å². The Hall–Kier alpha value is -0.900. The van der Waals surface area contributed by atoms with Crippen LogP contribution in [0, 0.1) is 5.41 Å². The third-order valence-electron chi connectivity index (χ3n) is 7.12. The Morgan fingerprint density at radius 3 is 1.41 bits per heavy atom. The molecule has 0 saturated carbocycles. The fourth-order valence-electron chi connectivity index (χ4n) is 3.56. The van der Waals surface area contributed by atoms with Crippen LogP contribution in [0.2, 0.25) is 0 Å². The molecule has 0 rings (SSSR count). The third kappa shape index (κ3) is 17.5. The molecule has 0 unspecified atom stereocenters. The van der Waals surface area contributed by atoms with Crippen molar-refractivity contribution in [3.05, 3.63) is 0 Å². The first-order valence-electron chi connectivity index (χ1n) is 14.4. The zero-order valence-electron chi connectivity index (χ0n) is 27.8. The van der Waals surface area contributed by atoms with Crippen molar-refractivity contribution in [1.82, 2.24) is 0 Å². The van der Waals surface area contributed by atoms with Crippen LogP contribution in [0.4, 0.5) is 0 Å². The van der Waals surface area contributed by atoms with Crippen LogP contribution in [-0.4, -0.2) is 80.5 Å². The Balaban J connectivity index is 5.78. The maximum absolute atomic E-state index is 10.1. The van der Waals surface area contributed by atoms with E-state index in [1.165, 1.54) is 0 Å². The molecule has 0 aliphatic rings. The Morgan fingerprint density at radius 1 is 0.641 bits per heavy atom. The number of aliphatic hydroxyl groups is 2. The third-order valence-corrected chi connectivity index (χ3v) is 7.12. The van der Waals surface area contributed by atoms with Crippen LogP contribution >= 0.6 is 0 Å². The van der Waals surface area contributed by atoms with E-state index >= 15 is 0 Å². The zero-order chi connectivity index (χ0) is 31.1. The van der Waals surface area contributed by atoms with Crippen molar-refractivity contribution in [2.75, 3.05) is 19.8 Å². The molecule has 0 aromatic heterocycles. The van der Waals surface area contributed by atoms with Gasteiger partial charge in [-0.05, 0) is 116 Å². The fraction of sp³-hybridized carbons (Fsp3) is 0.935. The molecule has 0 aromatic carbocycles. The predicted molar refractivity (Wildman–Crippen MR) is 163 cm³/mol. The zero-order valence-corrected chi connectivity index (χ0v) is 27.8. The first-order valence-corrected chi connectivity index (χ1v) is 14.4. The highest BCUT2D eigenvalue weighted by atomic mass is 16.5. The monoisotopic (exact) mass is 557 g/mol. The Morgan fingerprint density at radius 2 is 1.03 bits per heavy atom. The van der Waals surface area contributed by atoms with E-state index in [-0.39, 0.29) is 0 Å². The molecular weight excluding hydrogens is 494 g/mol. The lowest BCUT2D eigenvalue weighted by atomic mass is 9.87. The van der Waals surface area contributed by atoms with E-state index in [9.17, 15) is 10.2 Å². The molecule has 8 nitrogen and oxygen atoms in total. The average Bonchev–Trinajstić information content (AvgIpc) is 2.62. The van der Waals surface area contributed by atoms with Crippen molar-refractivity contribution >= 4 is 11.4 Å². The Kier molecular flexibility index (Phi) is 13.5. The number of ether oxygens (including phenoxy) is 3. The number of nitrogens with two attached hydrogens (primary N) is 1. The van der Waals surface area contributed by atoms with E-state index in [0.717, 1.165) is 0 Å². The van der Waals surface area contributed by atoms with Gasteiger partial charge in [0.15, 0.2) is 0 Å². The summed E-state index contributed by atoms with van der Waals surface area (Å²) < 4.78 is 18.4. The van der Waals surface area contributed by atoms with Gasteiger partial charge in [0.2, 0.25) is 0 Å². The van der Waals surface area contributed by atoms with E-state index in [2.05, 4.69) is 13.8 Å². The molecule has 0 spiro atoms. The molecule has 0 aliphatic heterocycles. The van der Waals surface area contributed by atoms with Gasteiger partial charge in [0.1, 0.15) is 0 Å². The first-order chi connectivity index (χ1) is 17.1. The molecule has 0 fully saturated rings. The van der Waals surface area contributed by atoms with Crippen LogP contribution in [0.15, 0.2) is 4.99 Å². The molecule has 0 aliphatic carbocycles. The minimum atomic E-state index is -0.807. The Bertz CT molecular complexity index is 795. The maximum Gasteiger partial charge on any atom is 0.0799 e. The summed E-state index contributed by atoms with van der Waals surface area (Å²) in [6, 6.07) is 0. The minimum Gasteiger partial charge on any atom is -0.390 e. The Labute approximate surface area is 240 Å². The molecule has 0 bridgehead atoms. The largest absolute Gasteiger partial charge is 0.390 e. The van der Waals surface area contributed by atoms with E-state index in [4.69, 9.17) is 30.3 Å². The molecule has 232 valence electrons. The fourth-order valence-corrected chi connectivity index (χ4v) is 3.56. The lowest BCUT2D eigenvalue weighted by molar-refractivity contribution is -0.0661. The van der Waals surface area contributed by atoms with E-state index in [0.29, 0.717) is 63.3 Å². The van der Waals surface area contributed by atoms with E-state index < -0.39 is 39.1 Å². The van der Waals surface area contributed by atoms with Gasteiger partial charge in [0, 0.05) is 25.0 Å². The highest BCUT2D eigenvalue weighted by molar-refractivity contribution is 6.41. The van der Waals surface area contributed by atoms with E-state index in [1.54, 1.807) is 27.7 Å². The van der Waals surface area contributed by atoms with E-state index in [1.807, 2.05) is 55.4 Å². The molecule has 0 heterocycles. The van der Waals surface area contributed by atoms with Crippen LogP contribution in [0.25, 0.3) is 0 Å². The van der Waals surface area contributed by atoms with Crippen molar-refractivity contribution < 1.29 is 24.4 Å². The maximum atomic E-state index is 10.1. The number of nitrogens with zero attached hydrogens (tertiary/aromatic N) is 1. The lowest BCUT2D eigenvalue weighted by Gasteiger charge is -2.39. The second-order valence-electron chi connectivity index (χ2n) is 15.4. The highest BCUT2D eigenvalue weighted by Crippen LogP contribution is 2.27. The number of aliphatic imine (C=N–C) groups is 1. The van der Waals surface area contributed by atoms with Crippen LogP contribution in [-0.2, 0) is 14.2 Å². The first kappa shape index (κ1) is 38.1. The van der Waals surface area contributed by atoms with Gasteiger partial charge >= 0.3 is 0 Å². The van der Waals surface area contributed by atoms with Gasteiger partial charge in [-0.15, -0.1) is 0 Å². The molecule has 8 heteroatoms. The normalized spacial score (nSPS) is 15.2. The summed E-state index contributed by atoms with van der Waals surface area (Å²) in [4.78, 5) is 5.09. The second-order valence-corrected chi connectivity index (χ2v) is 15.4. The quantitative estimate of drug-likeness (QED) is 0.148. The van der Waals surface area contributed by atoms with Gasteiger partial charge in [0.25, 0.3) is 0 Å². The summed E-state index contributed by atoms with van der Waals surface area (Å²) in [7, 11) is 0. The van der Waals surface area contributed by atoms with Gasteiger partial charge in [-0.1, -0.05) is 0 Å². The molecular formula is C31H63N3O5. The van der Waals surface area contributed by atoms with Crippen LogP contribution in [0.5, 0.6) is 0 Å². The summed E-state index contributed by atoms with van der Waals surface area (Å²) in [5.74, 6) is 0. The summed E-state index contributed by atoms with van der Waals surface area (Å²) >= 11 is 0. The minimum absolute atomic E-state index is 0.373.